The number of fused-ring (bicyclic) bond motifs is 1. The van der Waals surface area contributed by atoms with Crippen LogP contribution in [0, 0.1) is 19.7 Å². The number of aromatic nitrogens is 3. The maximum atomic E-state index is 14.0. The molecule has 1 aromatic carbocycles. The van der Waals surface area contributed by atoms with E-state index < -0.39 is 0 Å². The number of hydrogen-bond donors (Lipinski definition) is 1. The Hall–Kier alpha value is -3.35. The summed E-state index contributed by atoms with van der Waals surface area (Å²) in [6, 6.07) is 9.45. The van der Waals surface area contributed by atoms with Gasteiger partial charge in [-0.2, -0.15) is 0 Å². The molecule has 0 aliphatic carbocycles. The first-order valence-electron chi connectivity index (χ1n) is 8.92. The number of benzene rings is 1. The number of amides is 1. The number of pyridine rings is 1. The summed E-state index contributed by atoms with van der Waals surface area (Å²) in [6.07, 6.45) is 0.494. The Morgan fingerprint density at radius 1 is 1.14 bits per heavy atom. The van der Waals surface area contributed by atoms with Gasteiger partial charge in [0.25, 0.3) is 5.91 Å². The fourth-order valence-electron chi connectivity index (χ4n) is 3.62. The zero-order valence-electron chi connectivity index (χ0n) is 15.8. The second-order valence-corrected chi connectivity index (χ2v) is 6.70. The molecule has 0 unspecified atom stereocenters. The zero-order chi connectivity index (χ0) is 19.8. The molecule has 0 fully saturated rings. The van der Waals surface area contributed by atoms with Crippen LogP contribution in [0.25, 0.3) is 11.3 Å². The monoisotopic (exact) mass is 378 g/mol. The van der Waals surface area contributed by atoms with Gasteiger partial charge in [-0.15, -0.1) is 0 Å². The Balaban J connectivity index is 1.81. The van der Waals surface area contributed by atoms with E-state index in [4.69, 9.17) is 4.74 Å². The Kier molecular flexibility index (Phi) is 4.50. The van der Waals surface area contributed by atoms with Crippen LogP contribution in [0.3, 0.4) is 0 Å². The van der Waals surface area contributed by atoms with Crippen LogP contribution >= 0.6 is 0 Å². The lowest BCUT2D eigenvalue weighted by Crippen LogP contribution is -2.37. The Bertz CT molecular complexity index is 1080. The normalized spacial score (nSPS) is 15.7. The van der Waals surface area contributed by atoms with E-state index in [-0.39, 0.29) is 17.8 Å². The van der Waals surface area contributed by atoms with Gasteiger partial charge in [-0.25, -0.2) is 19.3 Å². The van der Waals surface area contributed by atoms with E-state index >= 15 is 0 Å². The molecule has 0 saturated carbocycles. The lowest BCUT2D eigenvalue weighted by molar-refractivity contribution is 0.0922. The van der Waals surface area contributed by atoms with Crippen molar-refractivity contribution in [3.8, 4) is 17.1 Å². The molecular formula is C21H19FN4O2. The maximum Gasteiger partial charge on any atom is 0.255 e. The van der Waals surface area contributed by atoms with Crippen molar-refractivity contribution in [3.05, 3.63) is 70.6 Å². The van der Waals surface area contributed by atoms with Crippen LogP contribution in [0.4, 0.5) is 4.39 Å². The van der Waals surface area contributed by atoms with Gasteiger partial charge in [0.2, 0.25) is 5.88 Å². The standard InChI is InChI=1S/C21H19FN4O2/c1-11-20-18(24-12(2)23-11)10-17(26-21(20)27)14-8-7-13(22)9-15(14)16-5-4-6-19(25-16)28-3/h4-9,17H,10H2,1-3H3,(H,26,27)/t17-/m1/s1. The second-order valence-electron chi connectivity index (χ2n) is 6.70. The Morgan fingerprint density at radius 3 is 2.75 bits per heavy atom. The first-order valence-corrected chi connectivity index (χ1v) is 8.92. The number of methoxy groups -OCH3 is 1. The topological polar surface area (TPSA) is 77.0 Å². The summed E-state index contributed by atoms with van der Waals surface area (Å²) in [5.41, 5.74) is 3.83. The smallest absolute Gasteiger partial charge is 0.255 e. The molecule has 2 aromatic heterocycles. The van der Waals surface area contributed by atoms with Crippen molar-refractivity contribution in [2.24, 2.45) is 0 Å². The average Bonchev–Trinajstić information content (AvgIpc) is 2.67. The summed E-state index contributed by atoms with van der Waals surface area (Å²) < 4.78 is 19.2. The highest BCUT2D eigenvalue weighted by molar-refractivity contribution is 5.97. The third-order valence-corrected chi connectivity index (χ3v) is 4.81. The van der Waals surface area contributed by atoms with Crippen LogP contribution in [0.2, 0.25) is 0 Å². The molecule has 3 heterocycles. The summed E-state index contributed by atoms with van der Waals surface area (Å²) in [7, 11) is 1.53. The fraction of sp³-hybridized carbons (Fsp3) is 0.238. The Labute approximate surface area is 161 Å². The van der Waals surface area contributed by atoms with E-state index in [9.17, 15) is 9.18 Å². The van der Waals surface area contributed by atoms with Crippen LogP contribution < -0.4 is 10.1 Å². The van der Waals surface area contributed by atoms with Gasteiger partial charge >= 0.3 is 0 Å². The molecule has 28 heavy (non-hydrogen) atoms. The molecule has 6 nitrogen and oxygen atoms in total. The minimum absolute atomic E-state index is 0.224. The van der Waals surface area contributed by atoms with E-state index in [2.05, 4.69) is 20.3 Å². The van der Waals surface area contributed by atoms with Gasteiger partial charge in [0, 0.05) is 18.1 Å². The maximum absolute atomic E-state index is 14.0. The minimum Gasteiger partial charge on any atom is -0.481 e. The zero-order valence-corrected chi connectivity index (χ0v) is 15.8. The summed E-state index contributed by atoms with van der Waals surface area (Å²) in [5, 5.41) is 3.01. The number of nitrogens with zero attached hydrogens (tertiary/aromatic N) is 3. The minimum atomic E-state index is -0.375. The molecule has 3 aromatic rings. The molecule has 142 valence electrons. The van der Waals surface area contributed by atoms with Crippen LogP contribution in [-0.2, 0) is 6.42 Å². The Morgan fingerprint density at radius 2 is 1.96 bits per heavy atom. The molecular weight excluding hydrogens is 359 g/mol. The quantitative estimate of drug-likeness (QED) is 0.756. The predicted molar refractivity (Wildman–Crippen MR) is 102 cm³/mol. The number of halogens is 1. The summed E-state index contributed by atoms with van der Waals surface area (Å²) in [4.78, 5) is 25.9. The van der Waals surface area contributed by atoms with E-state index in [0.29, 0.717) is 46.3 Å². The van der Waals surface area contributed by atoms with E-state index in [1.165, 1.54) is 19.2 Å². The van der Waals surface area contributed by atoms with Crippen molar-refractivity contribution in [3.63, 3.8) is 0 Å². The molecule has 1 aliphatic heterocycles. The average molecular weight is 378 g/mol. The molecule has 1 aliphatic rings. The van der Waals surface area contributed by atoms with Crippen LogP contribution in [0.1, 0.15) is 39.2 Å². The highest BCUT2D eigenvalue weighted by Gasteiger charge is 2.30. The predicted octanol–water partition coefficient (Wildman–Crippen LogP) is 3.33. The number of hydrogen-bond acceptors (Lipinski definition) is 5. The van der Waals surface area contributed by atoms with Crippen molar-refractivity contribution in [2.45, 2.75) is 26.3 Å². The number of carbonyl (C=O) groups excluding carboxylic acids is 1. The molecule has 4 rings (SSSR count). The molecule has 0 bridgehead atoms. The van der Waals surface area contributed by atoms with Gasteiger partial charge in [-0.3, -0.25) is 4.79 Å². The van der Waals surface area contributed by atoms with Crippen molar-refractivity contribution in [1.29, 1.82) is 0 Å². The van der Waals surface area contributed by atoms with Crippen LogP contribution in [0.15, 0.2) is 36.4 Å². The van der Waals surface area contributed by atoms with E-state index in [1.54, 1.807) is 38.1 Å². The number of rotatable bonds is 3. The van der Waals surface area contributed by atoms with Gasteiger partial charge < -0.3 is 10.1 Å². The molecule has 0 saturated heterocycles. The van der Waals surface area contributed by atoms with Crippen molar-refractivity contribution >= 4 is 5.91 Å². The lowest BCUT2D eigenvalue weighted by atomic mass is 9.90. The number of ether oxygens (including phenoxy) is 1. The molecule has 7 heteroatoms. The van der Waals surface area contributed by atoms with Gasteiger partial charge in [0.05, 0.1) is 35.8 Å². The van der Waals surface area contributed by atoms with Gasteiger partial charge in [0.15, 0.2) is 0 Å². The largest absolute Gasteiger partial charge is 0.481 e. The van der Waals surface area contributed by atoms with E-state index in [1.807, 2.05) is 0 Å². The van der Waals surface area contributed by atoms with Crippen molar-refractivity contribution in [1.82, 2.24) is 20.3 Å². The number of aryl methyl sites for hydroxylation is 2. The molecule has 0 radical (unpaired) electrons. The first kappa shape index (κ1) is 18.0. The molecule has 1 atom stereocenters. The summed E-state index contributed by atoms with van der Waals surface area (Å²) >= 11 is 0. The fourth-order valence-corrected chi connectivity index (χ4v) is 3.62. The highest BCUT2D eigenvalue weighted by atomic mass is 19.1. The van der Waals surface area contributed by atoms with Gasteiger partial charge in [-0.05, 0) is 37.6 Å². The van der Waals surface area contributed by atoms with Crippen LogP contribution in [-0.4, -0.2) is 28.0 Å². The van der Waals surface area contributed by atoms with Gasteiger partial charge in [-0.1, -0.05) is 12.1 Å². The third-order valence-electron chi connectivity index (χ3n) is 4.81. The second kappa shape index (κ2) is 6.99. The number of nitrogens with one attached hydrogen (secondary N) is 1. The van der Waals surface area contributed by atoms with E-state index in [0.717, 1.165) is 5.56 Å². The van der Waals surface area contributed by atoms with Gasteiger partial charge in [0.1, 0.15) is 11.6 Å². The molecule has 1 amide bonds. The highest BCUT2D eigenvalue weighted by Crippen LogP contribution is 2.33. The SMILES string of the molecule is COc1cccc(-c2cc(F)ccc2[C@H]2Cc3nc(C)nc(C)c3C(=O)N2)n1. The third kappa shape index (κ3) is 3.19. The summed E-state index contributed by atoms with van der Waals surface area (Å²) in [6.45, 7) is 3.61. The van der Waals surface area contributed by atoms with Crippen LogP contribution in [0.5, 0.6) is 5.88 Å². The van der Waals surface area contributed by atoms with Crippen molar-refractivity contribution < 1.29 is 13.9 Å². The lowest BCUT2D eigenvalue weighted by Gasteiger charge is -2.27. The number of carbonyl (C=O) groups is 1. The molecule has 0 spiro atoms. The summed E-state index contributed by atoms with van der Waals surface area (Å²) in [5.74, 6) is 0.459. The first-order chi connectivity index (χ1) is 13.5. The molecule has 1 N–H and O–H groups in total. The van der Waals surface area contributed by atoms with Crippen molar-refractivity contribution in [2.75, 3.05) is 7.11 Å².